The summed E-state index contributed by atoms with van der Waals surface area (Å²) in [4.78, 5) is 2.13. The van der Waals surface area contributed by atoms with Crippen LogP contribution in [0, 0.1) is 11.7 Å². The van der Waals surface area contributed by atoms with Crippen LogP contribution in [-0.2, 0) is 0 Å². The van der Waals surface area contributed by atoms with Gasteiger partial charge in [0, 0.05) is 24.8 Å². The van der Waals surface area contributed by atoms with Crippen LogP contribution in [-0.4, -0.2) is 19.1 Å². The van der Waals surface area contributed by atoms with Crippen molar-refractivity contribution in [1.29, 1.82) is 0 Å². The van der Waals surface area contributed by atoms with Crippen LogP contribution >= 0.6 is 0 Å². The minimum absolute atomic E-state index is 0.0844. The van der Waals surface area contributed by atoms with Crippen molar-refractivity contribution in [2.75, 3.05) is 18.5 Å². The van der Waals surface area contributed by atoms with Crippen LogP contribution in [0.1, 0.15) is 32.6 Å². The molecule has 0 aromatic heterocycles. The van der Waals surface area contributed by atoms with Gasteiger partial charge in [-0.3, -0.25) is 0 Å². The van der Waals surface area contributed by atoms with Gasteiger partial charge in [-0.1, -0.05) is 25.3 Å². The number of nitrogens with two attached hydrogens (primary N) is 1. The lowest BCUT2D eigenvalue weighted by molar-refractivity contribution is 0.233. The van der Waals surface area contributed by atoms with E-state index in [0.29, 0.717) is 6.54 Å². The maximum Gasteiger partial charge on any atom is 0.125 e. The number of halogens is 1. The number of hydrogen-bond donors (Lipinski definition) is 1. The Hall–Kier alpha value is -1.09. The SMILES string of the molecule is CN(c1cccc(F)c1)C(C)(CN)CC1CCC1. The fraction of sp³-hybridized carbons (Fsp3) is 0.600. The molecule has 1 aromatic carbocycles. The highest BCUT2D eigenvalue weighted by Crippen LogP contribution is 2.36. The maximum absolute atomic E-state index is 13.3. The monoisotopic (exact) mass is 250 g/mol. The molecule has 0 bridgehead atoms. The molecule has 0 saturated heterocycles. The third-order valence-corrected chi connectivity index (χ3v) is 4.40. The Bertz CT molecular complexity index is 403. The summed E-state index contributed by atoms with van der Waals surface area (Å²) in [6.45, 7) is 2.77. The molecule has 1 aliphatic rings. The lowest BCUT2D eigenvalue weighted by atomic mass is 9.76. The van der Waals surface area contributed by atoms with Crippen LogP contribution in [0.25, 0.3) is 0 Å². The molecule has 0 amide bonds. The number of likely N-dealkylation sites (N-methyl/N-ethyl adjacent to an activating group) is 1. The molecule has 1 saturated carbocycles. The summed E-state index contributed by atoms with van der Waals surface area (Å²) in [6, 6.07) is 6.75. The van der Waals surface area contributed by atoms with Crippen LogP contribution in [0.5, 0.6) is 0 Å². The smallest absolute Gasteiger partial charge is 0.125 e. The molecule has 1 fully saturated rings. The van der Waals surface area contributed by atoms with Crippen molar-refractivity contribution >= 4 is 5.69 Å². The second kappa shape index (κ2) is 5.27. The van der Waals surface area contributed by atoms with Crippen LogP contribution in [0.3, 0.4) is 0 Å². The summed E-state index contributed by atoms with van der Waals surface area (Å²) < 4.78 is 13.3. The van der Waals surface area contributed by atoms with E-state index in [1.807, 2.05) is 13.1 Å². The molecule has 2 nitrogen and oxygen atoms in total. The largest absolute Gasteiger partial charge is 0.368 e. The van der Waals surface area contributed by atoms with Crippen molar-refractivity contribution in [2.24, 2.45) is 11.7 Å². The number of anilines is 1. The highest BCUT2D eigenvalue weighted by atomic mass is 19.1. The zero-order valence-corrected chi connectivity index (χ0v) is 11.3. The van der Waals surface area contributed by atoms with Crippen LogP contribution < -0.4 is 10.6 Å². The fourth-order valence-corrected chi connectivity index (χ4v) is 2.67. The third-order valence-electron chi connectivity index (χ3n) is 4.40. The molecule has 0 heterocycles. The molecule has 2 rings (SSSR count). The van der Waals surface area contributed by atoms with E-state index in [1.165, 1.54) is 25.3 Å². The normalized spacial score (nSPS) is 19.1. The zero-order chi connectivity index (χ0) is 13.2. The standard InChI is InChI=1S/C15H23FN2/c1-15(11-17,10-12-5-3-6-12)18(2)14-8-4-7-13(16)9-14/h4,7-9,12H,3,5-6,10-11,17H2,1-2H3. The molecule has 18 heavy (non-hydrogen) atoms. The molecule has 0 aliphatic heterocycles. The molecule has 2 N–H and O–H groups in total. The summed E-state index contributed by atoms with van der Waals surface area (Å²) in [5.41, 5.74) is 6.80. The number of rotatable bonds is 5. The van der Waals surface area contributed by atoms with E-state index in [-0.39, 0.29) is 11.4 Å². The van der Waals surface area contributed by atoms with Gasteiger partial charge in [0.05, 0.1) is 0 Å². The third kappa shape index (κ3) is 2.66. The first-order valence-corrected chi connectivity index (χ1v) is 6.74. The van der Waals surface area contributed by atoms with E-state index in [0.717, 1.165) is 18.0 Å². The van der Waals surface area contributed by atoms with Gasteiger partial charge in [0.25, 0.3) is 0 Å². The first kappa shape index (κ1) is 13.3. The van der Waals surface area contributed by atoms with Gasteiger partial charge >= 0.3 is 0 Å². The molecule has 1 aromatic rings. The minimum Gasteiger partial charge on any atom is -0.368 e. The molecule has 1 aliphatic carbocycles. The topological polar surface area (TPSA) is 29.3 Å². The van der Waals surface area contributed by atoms with Gasteiger partial charge in [-0.2, -0.15) is 0 Å². The van der Waals surface area contributed by atoms with Gasteiger partial charge < -0.3 is 10.6 Å². The van der Waals surface area contributed by atoms with Crippen molar-refractivity contribution in [1.82, 2.24) is 0 Å². The number of hydrogen-bond acceptors (Lipinski definition) is 2. The van der Waals surface area contributed by atoms with Crippen molar-refractivity contribution in [3.63, 3.8) is 0 Å². The Labute approximate surface area is 109 Å². The quantitative estimate of drug-likeness (QED) is 0.869. The van der Waals surface area contributed by atoms with Crippen LogP contribution in [0.2, 0.25) is 0 Å². The van der Waals surface area contributed by atoms with Crippen LogP contribution in [0.15, 0.2) is 24.3 Å². The molecule has 0 radical (unpaired) electrons. The van der Waals surface area contributed by atoms with Gasteiger partial charge in [-0.05, 0) is 37.5 Å². The van der Waals surface area contributed by atoms with E-state index >= 15 is 0 Å². The summed E-state index contributed by atoms with van der Waals surface area (Å²) >= 11 is 0. The summed E-state index contributed by atoms with van der Waals surface area (Å²) in [7, 11) is 2.01. The molecule has 1 unspecified atom stereocenters. The molecule has 1 atom stereocenters. The Balaban J connectivity index is 2.14. The number of nitrogens with zero attached hydrogens (tertiary/aromatic N) is 1. The lowest BCUT2D eigenvalue weighted by Gasteiger charge is -2.44. The highest BCUT2D eigenvalue weighted by Gasteiger charge is 2.33. The predicted octanol–water partition coefficient (Wildman–Crippen LogP) is 3.17. The Kier molecular flexibility index (Phi) is 3.91. The predicted molar refractivity (Wildman–Crippen MR) is 74.2 cm³/mol. The average molecular weight is 250 g/mol. The van der Waals surface area contributed by atoms with Crippen molar-refractivity contribution in [2.45, 2.75) is 38.1 Å². The van der Waals surface area contributed by atoms with Gasteiger partial charge in [-0.25, -0.2) is 4.39 Å². The van der Waals surface area contributed by atoms with Gasteiger partial charge in [0.1, 0.15) is 5.82 Å². The zero-order valence-electron chi connectivity index (χ0n) is 11.3. The second-order valence-electron chi connectivity index (χ2n) is 5.74. The molecular formula is C15H23FN2. The Morgan fingerprint density at radius 2 is 2.17 bits per heavy atom. The van der Waals surface area contributed by atoms with Crippen molar-refractivity contribution < 1.29 is 4.39 Å². The molecule has 0 spiro atoms. The summed E-state index contributed by atoms with van der Waals surface area (Å²) in [6.07, 6.45) is 5.06. The highest BCUT2D eigenvalue weighted by molar-refractivity contribution is 5.48. The van der Waals surface area contributed by atoms with Crippen molar-refractivity contribution in [3.05, 3.63) is 30.1 Å². The minimum atomic E-state index is -0.192. The first-order valence-electron chi connectivity index (χ1n) is 6.74. The van der Waals surface area contributed by atoms with E-state index in [1.54, 1.807) is 12.1 Å². The Morgan fingerprint density at radius 3 is 2.67 bits per heavy atom. The van der Waals surface area contributed by atoms with E-state index in [2.05, 4.69) is 11.8 Å². The lowest BCUT2D eigenvalue weighted by Crippen LogP contribution is -2.51. The number of benzene rings is 1. The van der Waals surface area contributed by atoms with E-state index in [9.17, 15) is 4.39 Å². The summed E-state index contributed by atoms with van der Waals surface area (Å²) in [5.74, 6) is 0.594. The van der Waals surface area contributed by atoms with E-state index < -0.39 is 0 Å². The van der Waals surface area contributed by atoms with Gasteiger partial charge in [-0.15, -0.1) is 0 Å². The van der Waals surface area contributed by atoms with Crippen molar-refractivity contribution in [3.8, 4) is 0 Å². The average Bonchev–Trinajstić information content (AvgIpc) is 2.32. The fourth-order valence-electron chi connectivity index (χ4n) is 2.67. The summed E-state index contributed by atoms with van der Waals surface area (Å²) in [5, 5.41) is 0. The second-order valence-corrected chi connectivity index (χ2v) is 5.74. The molecule has 3 heteroatoms. The van der Waals surface area contributed by atoms with Crippen LogP contribution in [0.4, 0.5) is 10.1 Å². The van der Waals surface area contributed by atoms with Gasteiger partial charge in [0.2, 0.25) is 0 Å². The molecular weight excluding hydrogens is 227 g/mol. The molecule has 100 valence electrons. The van der Waals surface area contributed by atoms with E-state index in [4.69, 9.17) is 5.73 Å². The Morgan fingerprint density at radius 1 is 1.44 bits per heavy atom. The maximum atomic E-state index is 13.3. The first-order chi connectivity index (χ1) is 8.55. The van der Waals surface area contributed by atoms with Gasteiger partial charge in [0.15, 0.2) is 0 Å².